The van der Waals surface area contributed by atoms with Gasteiger partial charge >= 0.3 is 6.18 Å². The van der Waals surface area contributed by atoms with E-state index in [0.29, 0.717) is 6.20 Å². The fourth-order valence-electron chi connectivity index (χ4n) is 3.43. The number of hydrazine groups is 1. The zero-order valence-electron chi connectivity index (χ0n) is 19.1. The molecule has 1 aliphatic rings. The number of nitrogens with two attached hydrogens (primary N) is 2. The lowest BCUT2D eigenvalue weighted by Gasteiger charge is -2.25. The molecule has 0 radical (unpaired) electrons. The SMILES string of the molecule is CC(CO)N(N)/C(=N\N)c1cccc(NC(=O)c2cc(-c3cnn(C4CC4)c3)c(C(F)(F)F)cn2)n1. The fraction of sp³-hybridized carbons (Fsp3) is 0.318. The van der Waals surface area contributed by atoms with Crippen LogP contribution in [0.3, 0.4) is 0 Å². The Labute approximate surface area is 203 Å². The predicted molar refractivity (Wildman–Crippen MR) is 124 cm³/mol. The topological polar surface area (TPSA) is 161 Å². The van der Waals surface area contributed by atoms with E-state index in [1.807, 2.05) is 0 Å². The number of anilines is 1. The van der Waals surface area contributed by atoms with Crippen molar-refractivity contribution < 1.29 is 23.1 Å². The Balaban J connectivity index is 1.61. The summed E-state index contributed by atoms with van der Waals surface area (Å²) in [6.45, 7) is 1.37. The average molecular weight is 503 g/mol. The highest BCUT2D eigenvalue weighted by atomic mass is 19.4. The molecule has 0 spiro atoms. The van der Waals surface area contributed by atoms with Gasteiger partial charge in [-0.15, -0.1) is 0 Å². The van der Waals surface area contributed by atoms with Gasteiger partial charge in [-0.05, 0) is 38.0 Å². The van der Waals surface area contributed by atoms with E-state index in [1.165, 1.54) is 24.5 Å². The van der Waals surface area contributed by atoms with Crippen LogP contribution < -0.4 is 17.0 Å². The summed E-state index contributed by atoms with van der Waals surface area (Å²) in [6.07, 6.45) is 0.669. The van der Waals surface area contributed by atoms with Gasteiger partial charge in [-0.25, -0.2) is 10.8 Å². The molecule has 3 aromatic rings. The number of aromatic nitrogens is 4. The molecule has 0 bridgehead atoms. The summed E-state index contributed by atoms with van der Waals surface area (Å²) in [5.74, 6) is 10.7. The van der Waals surface area contributed by atoms with E-state index < -0.39 is 23.7 Å². The molecule has 36 heavy (non-hydrogen) atoms. The quantitative estimate of drug-likeness (QED) is 0.165. The minimum absolute atomic E-state index is 0.0512. The number of hydrogen-bond acceptors (Lipinski definition) is 8. The number of amides is 1. The summed E-state index contributed by atoms with van der Waals surface area (Å²) >= 11 is 0. The summed E-state index contributed by atoms with van der Waals surface area (Å²) in [6, 6.07) is 5.30. The van der Waals surface area contributed by atoms with Crippen LogP contribution in [-0.4, -0.2) is 54.3 Å². The summed E-state index contributed by atoms with van der Waals surface area (Å²) in [5, 5.41) is 20.7. The number of halogens is 3. The molecule has 3 aromatic heterocycles. The van der Waals surface area contributed by atoms with Crippen molar-refractivity contribution in [2.45, 2.75) is 38.0 Å². The van der Waals surface area contributed by atoms with E-state index in [2.05, 4.69) is 25.5 Å². The lowest BCUT2D eigenvalue weighted by atomic mass is 10.0. The van der Waals surface area contributed by atoms with Crippen molar-refractivity contribution in [3.63, 3.8) is 0 Å². The third-order valence-corrected chi connectivity index (χ3v) is 5.60. The van der Waals surface area contributed by atoms with E-state index in [9.17, 15) is 23.1 Å². The van der Waals surface area contributed by atoms with Gasteiger partial charge in [0.05, 0.1) is 30.5 Å². The third-order valence-electron chi connectivity index (χ3n) is 5.60. The summed E-state index contributed by atoms with van der Waals surface area (Å²) in [7, 11) is 0. The largest absolute Gasteiger partial charge is 0.418 e. The maximum atomic E-state index is 13.7. The second-order valence-electron chi connectivity index (χ2n) is 8.31. The zero-order chi connectivity index (χ0) is 26.0. The third kappa shape index (κ3) is 5.28. The Kier molecular flexibility index (Phi) is 6.90. The monoisotopic (exact) mass is 503 g/mol. The first-order chi connectivity index (χ1) is 17.1. The molecule has 0 saturated heterocycles. The molecule has 6 N–H and O–H groups in total. The van der Waals surface area contributed by atoms with Gasteiger partial charge in [0.15, 0.2) is 5.84 Å². The number of pyridine rings is 2. The van der Waals surface area contributed by atoms with E-state index in [0.717, 1.165) is 23.9 Å². The van der Waals surface area contributed by atoms with E-state index >= 15 is 0 Å². The number of alkyl halides is 3. The lowest BCUT2D eigenvalue weighted by molar-refractivity contribution is -0.137. The number of nitrogens with one attached hydrogen (secondary N) is 1. The van der Waals surface area contributed by atoms with Crippen molar-refractivity contribution >= 4 is 17.6 Å². The van der Waals surface area contributed by atoms with Crippen molar-refractivity contribution in [1.82, 2.24) is 24.8 Å². The molecule has 11 nitrogen and oxygen atoms in total. The van der Waals surface area contributed by atoms with Gasteiger partial charge < -0.3 is 16.3 Å². The zero-order valence-corrected chi connectivity index (χ0v) is 19.1. The number of aliphatic hydroxyl groups is 1. The number of amidine groups is 1. The number of nitrogens with zero attached hydrogens (tertiary/aromatic N) is 6. The van der Waals surface area contributed by atoms with Crippen LogP contribution in [0.1, 0.15) is 47.6 Å². The van der Waals surface area contributed by atoms with Gasteiger partial charge in [0, 0.05) is 23.5 Å². The molecule has 0 aromatic carbocycles. The molecule has 4 rings (SSSR count). The number of carbonyl (C=O) groups excluding carboxylic acids is 1. The Bertz CT molecular complexity index is 1290. The Hall–Kier alpha value is -4.04. The molecule has 1 unspecified atom stereocenters. The van der Waals surface area contributed by atoms with E-state index in [1.54, 1.807) is 17.7 Å². The Morgan fingerprint density at radius 2 is 2.08 bits per heavy atom. The van der Waals surface area contributed by atoms with Crippen LogP contribution in [0.25, 0.3) is 11.1 Å². The molecule has 14 heteroatoms. The Morgan fingerprint density at radius 1 is 1.33 bits per heavy atom. The van der Waals surface area contributed by atoms with Crippen molar-refractivity contribution in [2.75, 3.05) is 11.9 Å². The van der Waals surface area contributed by atoms with Crippen molar-refractivity contribution in [3.8, 4) is 11.1 Å². The molecule has 1 saturated carbocycles. The Morgan fingerprint density at radius 3 is 2.72 bits per heavy atom. The molecule has 1 atom stereocenters. The van der Waals surface area contributed by atoms with Crippen molar-refractivity contribution in [3.05, 3.63) is 59.8 Å². The summed E-state index contributed by atoms with van der Waals surface area (Å²) < 4.78 is 42.6. The number of rotatable bonds is 7. The highest BCUT2D eigenvalue weighted by molar-refractivity contribution is 6.03. The van der Waals surface area contributed by atoms with Crippen LogP contribution >= 0.6 is 0 Å². The van der Waals surface area contributed by atoms with Gasteiger partial charge in [-0.1, -0.05) is 6.07 Å². The molecule has 1 amide bonds. The maximum absolute atomic E-state index is 13.7. The first kappa shape index (κ1) is 25.1. The smallest absolute Gasteiger partial charge is 0.394 e. The van der Waals surface area contributed by atoms with Crippen LogP contribution in [0.5, 0.6) is 0 Å². The molecule has 1 aliphatic carbocycles. The van der Waals surface area contributed by atoms with Crippen molar-refractivity contribution in [1.29, 1.82) is 0 Å². The minimum atomic E-state index is -4.67. The second-order valence-corrected chi connectivity index (χ2v) is 8.31. The number of hydrogen-bond donors (Lipinski definition) is 4. The molecular weight excluding hydrogens is 479 g/mol. The van der Waals surface area contributed by atoms with Gasteiger partial charge in [-0.2, -0.15) is 23.4 Å². The summed E-state index contributed by atoms with van der Waals surface area (Å²) in [5.41, 5.74) is -0.987. The van der Waals surface area contributed by atoms with Crippen LogP contribution in [-0.2, 0) is 6.18 Å². The van der Waals surface area contributed by atoms with E-state index in [4.69, 9.17) is 11.7 Å². The van der Waals surface area contributed by atoms with Gasteiger partial charge in [0.2, 0.25) is 0 Å². The molecule has 1 fully saturated rings. The number of aliphatic hydroxyl groups excluding tert-OH is 1. The first-order valence-corrected chi connectivity index (χ1v) is 11.0. The molecule has 0 aliphatic heterocycles. The van der Waals surface area contributed by atoms with Crippen LogP contribution in [0.2, 0.25) is 0 Å². The second kappa shape index (κ2) is 9.91. The first-order valence-electron chi connectivity index (χ1n) is 11.0. The number of carbonyl (C=O) groups is 1. The minimum Gasteiger partial charge on any atom is -0.394 e. The highest BCUT2D eigenvalue weighted by Crippen LogP contribution is 2.39. The molecular formula is C22H24F3N9O2. The highest BCUT2D eigenvalue weighted by Gasteiger charge is 2.35. The molecule has 190 valence electrons. The average Bonchev–Trinajstić information content (AvgIpc) is 3.59. The van der Waals surface area contributed by atoms with Gasteiger partial charge in [0.1, 0.15) is 17.2 Å². The van der Waals surface area contributed by atoms with Gasteiger partial charge in [0.25, 0.3) is 5.91 Å². The fourth-order valence-corrected chi connectivity index (χ4v) is 3.43. The number of hydrazone groups is 1. The lowest BCUT2D eigenvalue weighted by Crippen LogP contribution is -2.47. The van der Waals surface area contributed by atoms with E-state index in [-0.39, 0.29) is 46.8 Å². The summed E-state index contributed by atoms with van der Waals surface area (Å²) in [4.78, 5) is 20.9. The van der Waals surface area contributed by atoms with Crippen LogP contribution in [0.4, 0.5) is 19.0 Å². The predicted octanol–water partition coefficient (Wildman–Crippen LogP) is 2.12. The van der Waals surface area contributed by atoms with Crippen LogP contribution in [0, 0.1) is 0 Å². The van der Waals surface area contributed by atoms with Gasteiger partial charge in [-0.3, -0.25) is 19.5 Å². The molecule has 3 heterocycles. The van der Waals surface area contributed by atoms with Crippen molar-refractivity contribution in [2.24, 2.45) is 16.8 Å². The van der Waals surface area contributed by atoms with Crippen LogP contribution in [0.15, 0.2) is 48.0 Å². The normalized spacial score (nSPS) is 15.0. The standard InChI is InChI=1S/C22H24F3N9O2/c1-12(11-35)34(27)20(32-26)17-3-2-4-19(30-17)31-21(36)18-7-15(16(9-28-18)22(23,24)25)13-8-29-33(10-13)14-5-6-14/h2-4,7-10,12,14,35H,5-6,11,26-27H2,1H3,(H,30,31,36)/b32-20-. The maximum Gasteiger partial charge on any atom is 0.418 e.